The average molecular weight is 174 g/mol. The van der Waals surface area contributed by atoms with Crippen molar-refractivity contribution < 1.29 is 14.6 Å². The maximum atomic E-state index is 10.6. The van der Waals surface area contributed by atoms with E-state index in [9.17, 15) is 4.79 Å². The van der Waals surface area contributed by atoms with Crippen molar-refractivity contribution in [1.82, 2.24) is 0 Å². The Hall–Kier alpha value is -0.830. The van der Waals surface area contributed by atoms with Crippen LogP contribution in [0.3, 0.4) is 0 Å². The van der Waals surface area contributed by atoms with Gasteiger partial charge in [0.15, 0.2) is 0 Å². The van der Waals surface area contributed by atoms with E-state index in [-0.39, 0.29) is 12.6 Å². The first kappa shape index (κ1) is 13.7. The molecule has 0 saturated carbocycles. The van der Waals surface area contributed by atoms with Crippen molar-refractivity contribution in [3.8, 4) is 0 Å². The van der Waals surface area contributed by atoms with Crippen molar-refractivity contribution in [2.24, 2.45) is 0 Å². The van der Waals surface area contributed by atoms with E-state index in [1.165, 1.54) is 0 Å². The number of carbonyl (C=O) groups is 1. The minimum atomic E-state index is -0.295. The van der Waals surface area contributed by atoms with Crippen molar-refractivity contribution in [3.63, 3.8) is 0 Å². The van der Waals surface area contributed by atoms with E-state index in [0.29, 0.717) is 12.2 Å². The van der Waals surface area contributed by atoms with E-state index < -0.39 is 0 Å². The van der Waals surface area contributed by atoms with E-state index >= 15 is 0 Å². The molecule has 0 bridgehead atoms. The molecule has 0 aromatic rings. The molecule has 0 spiro atoms. The molecular formula is C9H18O3. The summed E-state index contributed by atoms with van der Waals surface area (Å²) in [4.78, 5) is 10.6. The summed E-state index contributed by atoms with van der Waals surface area (Å²) in [5.41, 5.74) is 0.462. The molecule has 0 aliphatic carbocycles. The van der Waals surface area contributed by atoms with Crippen LogP contribution in [0.15, 0.2) is 12.2 Å². The molecule has 0 aromatic heterocycles. The maximum absolute atomic E-state index is 10.6. The molecule has 0 heterocycles. The van der Waals surface area contributed by atoms with Crippen LogP contribution in [0.4, 0.5) is 0 Å². The second-order valence-corrected chi connectivity index (χ2v) is 2.23. The number of carbonyl (C=O) groups excluding carboxylic acids is 1. The monoisotopic (exact) mass is 174 g/mol. The van der Waals surface area contributed by atoms with Gasteiger partial charge >= 0.3 is 5.97 Å². The van der Waals surface area contributed by atoms with Gasteiger partial charge in [-0.05, 0) is 20.3 Å². The second-order valence-electron chi connectivity index (χ2n) is 2.23. The van der Waals surface area contributed by atoms with Crippen LogP contribution in [0.1, 0.15) is 27.2 Å². The lowest BCUT2D eigenvalue weighted by atomic mass is 10.4. The topological polar surface area (TPSA) is 46.5 Å². The van der Waals surface area contributed by atoms with Gasteiger partial charge < -0.3 is 9.84 Å². The Morgan fingerprint density at radius 2 is 1.92 bits per heavy atom. The fourth-order valence-electron chi connectivity index (χ4n) is 0.318. The van der Waals surface area contributed by atoms with Gasteiger partial charge in [0.2, 0.25) is 0 Å². The third-order valence-electron chi connectivity index (χ3n) is 0.786. The van der Waals surface area contributed by atoms with Gasteiger partial charge in [0.1, 0.15) is 0 Å². The van der Waals surface area contributed by atoms with Crippen LogP contribution < -0.4 is 0 Å². The fourth-order valence-corrected chi connectivity index (χ4v) is 0.318. The summed E-state index contributed by atoms with van der Waals surface area (Å²) in [5.74, 6) is -0.295. The molecule has 1 N–H and O–H groups in total. The van der Waals surface area contributed by atoms with Gasteiger partial charge in [-0.25, -0.2) is 4.79 Å². The first-order valence-electron chi connectivity index (χ1n) is 4.03. The number of ether oxygens (including phenoxy) is 1. The minimum absolute atomic E-state index is 0.250. The summed E-state index contributed by atoms with van der Waals surface area (Å²) < 4.78 is 4.71. The van der Waals surface area contributed by atoms with Crippen LogP contribution >= 0.6 is 0 Å². The highest BCUT2D eigenvalue weighted by atomic mass is 16.5. The Labute approximate surface area is 74.0 Å². The van der Waals surface area contributed by atoms with Crippen LogP contribution in [0.2, 0.25) is 0 Å². The van der Waals surface area contributed by atoms with Gasteiger partial charge in [0.25, 0.3) is 0 Å². The van der Waals surface area contributed by atoms with E-state index in [0.717, 1.165) is 6.42 Å². The van der Waals surface area contributed by atoms with Gasteiger partial charge in [-0.3, -0.25) is 0 Å². The van der Waals surface area contributed by atoms with Crippen LogP contribution in [0.25, 0.3) is 0 Å². The Kier molecular flexibility index (Phi) is 11.6. The lowest BCUT2D eigenvalue weighted by Crippen LogP contribution is -2.04. The quantitative estimate of drug-likeness (QED) is 0.521. The zero-order valence-electron chi connectivity index (χ0n) is 8.09. The van der Waals surface area contributed by atoms with Gasteiger partial charge in [0.05, 0.1) is 6.61 Å². The number of esters is 1. The van der Waals surface area contributed by atoms with Crippen LogP contribution in [0, 0.1) is 0 Å². The van der Waals surface area contributed by atoms with Crippen LogP contribution in [-0.2, 0) is 9.53 Å². The SMILES string of the molecule is C=C(C)C(=O)OCCC.CCO. The largest absolute Gasteiger partial charge is 0.462 e. The molecule has 0 rings (SSSR count). The molecule has 3 heteroatoms. The fraction of sp³-hybridized carbons (Fsp3) is 0.667. The number of hydrogen-bond donors (Lipinski definition) is 1. The standard InChI is InChI=1S/C7H12O2.C2H6O/c1-4-5-9-7(8)6(2)3;1-2-3/h2,4-5H2,1,3H3;3H,2H2,1H3. The molecule has 0 aliphatic heterocycles. The van der Waals surface area contributed by atoms with Crippen LogP contribution in [0.5, 0.6) is 0 Å². The summed E-state index contributed by atoms with van der Waals surface area (Å²) in [6.45, 7) is 9.44. The predicted molar refractivity (Wildman–Crippen MR) is 48.8 cm³/mol. The highest BCUT2D eigenvalue weighted by Crippen LogP contribution is 1.91. The normalized spacial score (nSPS) is 8.00. The Balaban J connectivity index is 0. The van der Waals surface area contributed by atoms with Gasteiger partial charge in [-0.1, -0.05) is 13.5 Å². The first-order chi connectivity index (χ1) is 5.59. The van der Waals surface area contributed by atoms with E-state index in [1.807, 2.05) is 6.92 Å². The molecule has 0 unspecified atom stereocenters. The predicted octanol–water partition coefficient (Wildman–Crippen LogP) is 1.51. The molecule has 0 atom stereocenters. The second kappa shape index (κ2) is 10.2. The lowest BCUT2D eigenvalue weighted by Gasteiger charge is -1.99. The smallest absolute Gasteiger partial charge is 0.333 e. The highest BCUT2D eigenvalue weighted by Gasteiger charge is 1.99. The van der Waals surface area contributed by atoms with Gasteiger partial charge in [-0.15, -0.1) is 0 Å². The molecular weight excluding hydrogens is 156 g/mol. The molecule has 0 radical (unpaired) electrons. The summed E-state index contributed by atoms with van der Waals surface area (Å²) >= 11 is 0. The summed E-state index contributed by atoms with van der Waals surface area (Å²) in [6.07, 6.45) is 0.860. The zero-order valence-corrected chi connectivity index (χ0v) is 8.09. The van der Waals surface area contributed by atoms with Crippen molar-refractivity contribution in [1.29, 1.82) is 0 Å². The van der Waals surface area contributed by atoms with Crippen molar-refractivity contribution >= 4 is 5.97 Å². The van der Waals surface area contributed by atoms with Gasteiger partial charge in [-0.2, -0.15) is 0 Å². The lowest BCUT2D eigenvalue weighted by molar-refractivity contribution is -0.138. The molecule has 0 saturated heterocycles. The first-order valence-corrected chi connectivity index (χ1v) is 4.03. The third-order valence-corrected chi connectivity index (χ3v) is 0.786. The number of aliphatic hydroxyl groups excluding tert-OH is 1. The van der Waals surface area contributed by atoms with Crippen LogP contribution in [-0.4, -0.2) is 24.3 Å². The van der Waals surface area contributed by atoms with Crippen molar-refractivity contribution in [2.45, 2.75) is 27.2 Å². The maximum Gasteiger partial charge on any atom is 0.333 e. The van der Waals surface area contributed by atoms with E-state index in [1.54, 1.807) is 13.8 Å². The summed E-state index contributed by atoms with van der Waals surface area (Å²) in [7, 11) is 0. The third kappa shape index (κ3) is 11.9. The number of hydrogen-bond acceptors (Lipinski definition) is 3. The number of rotatable bonds is 3. The molecule has 0 aromatic carbocycles. The minimum Gasteiger partial charge on any atom is -0.462 e. The zero-order chi connectivity index (χ0) is 9.98. The van der Waals surface area contributed by atoms with E-state index in [4.69, 9.17) is 9.84 Å². The Morgan fingerprint density at radius 3 is 2.17 bits per heavy atom. The molecule has 0 amide bonds. The van der Waals surface area contributed by atoms with Crippen molar-refractivity contribution in [3.05, 3.63) is 12.2 Å². The van der Waals surface area contributed by atoms with Crippen molar-refractivity contribution in [2.75, 3.05) is 13.2 Å². The molecule has 72 valence electrons. The molecule has 12 heavy (non-hydrogen) atoms. The molecule has 0 fully saturated rings. The van der Waals surface area contributed by atoms with Gasteiger partial charge in [0, 0.05) is 12.2 Å². The average Bonchev–Trinajstić information content (AvgIpc) is 2.01. The Bertz CT molecular complexity index is 130. The molecule has 3 nitrogen and oxygen atoms in total. The molecule has 0 aliphatic rings. The highest BCUT2D eigenvalue weighted by molar-refractivity contribution is 5.86. The number of aliphatic hydroxyl groups is 1. The Morgan fingerprint density at radius 1 is 1.50 bits per heavy atom. The van der Waals surface area contributed by atoms with E-state index in [2.05, 4.69) is 6.58 Å². The summed E-state index contributed by atoms with van der Waals surface area (Å²) in [6, 6.07) is 0. The summed E-state index contributed by atoms with van der Waals surface area (Å²) in [5, 5.41) is 7.57.